The van der Waals surface area contributed by atoms with Crippen LogP contribution in [0.2, 0.25) is 0 Å². The number of hydrogen-bond acceptors (Lipinski definition) is 3. The molecular formula is C15H21NO2. The van der Waals surface area contributed by atoms with Gasteiger partial charge in [-0.25, -0.2) is 0 Å². The summed E-state index contributed by atoms with van der Waals surface area (Å²) in [6, 6.07) is 10.3. The van der Waals surface area contributed by atoms with E-state index in [1.807, 2.05) is 18.2 Å². The third-order valence-corrected chi connectivity index (χ3v) is 4.17. The molecule has 0 radical (unpaired) electrons. The van der Waals surface area contributed by atoms with Crippen LogP contribution in [0.25, 0.3) is 0 Å². The smallest absolute Gasteiger partial charge is 0.0857 e. The van der Waals surface area contributed by atoms with Gasteiger partial charge in [0.05, 0.1) is 17.8 Å². The highest BCUT2D eigenvalue weighted by Crippen LogP contribution is 2.41. The van der Waals surface area contributed by atoms with Gasteiger partial charge in [-0.05, 0) is 31.5 Å². The number of hydrogen-bond donors (Lipinski definition) is 2. The van der Waals surface area contributed by atoms with E-state index in [9.17, 15) is 5.11 Å². The summed E-state index contributed by atoms with van der Waals surface area (Å²) in [6.45, 7) is 1.99. The van der Waals surface area contributed by atoms with Crippen LogP contribution >= 0.6 is 0 Å². The van der Waals surface area contributed by atoms with Gasteiger partial charge in [-0.1, -0.05) is 30.3 Å². The molecule has 3 rings (SSSR count). The maximum atomic E-state index is 10.2. The Morgan fingerprint density at radius 1 is 1.17 bits per heavy atom. The largest absolute Gasteiger partial charge is 0.393 e. The topological polar surface area (TPSA) is 41.5 Å². The monoisotopic (exact) mass is 247 g/mol. The van der Waals surface area contributed by atoms with E-state index in [0.29, 0.717) is 0 Å². The Kier molecular flexibility index (Phi) is 3.37. The fourth-order valence-electron chi connectivity index (χ4n) is 3.23. The van der Waals surface area contributed by atoms with Gasteiger partial charge in [0.2, 0.25) is 0 Å². The van der Waals surface area contributed by atoms with Gasteiger partial charge in [0.15, 0.2) is 0 Å². The molecular weight excluding hydrogens is 226 g/mol. The molecule has 3 heteroatoms. The van der Waals surface area contributed by atoms with Gasteiger partial charge in [-0.2, -0.15) is 0 Å². The van der Waals surface area contributed by atoms with Crippen LogP contribution in [-0.2, 0) is 4.74 Å². The quantitative estimate of drug-likeness (QED) is 0.798. The molecule has 0 aliphatic carbocycles. The van der Waals surface area contributed by atoms with E-state index in [-0.39, 0.29) is 17.8 Å². The predicted molar refractivity (Wildman–Crippen MR) is 70.3 cm³/mol. The zero-order valence-corrected chi connectivity index (χ0v) is 10.6. The molecule has 0 bridgehead atoms. The van der Waals surface area contributed by atoms with Crippen molar-refractivity contribution < 1.29 is 9.84 Å². The number of nitrogens with one attached hydrogen (secondary N) is 1. The summed E-state index contributed by atoms with van der Waals surface area (Å²) < 4.78 is 6.37. The highest BCUT2D eigenvalue weighted by atomic mass is 16.5. The van der Waals surface area contributed by atoms with Gasteiger partial charge in [0, 0.05) is 12.8 Å². The molecule has 2 saturated heterocycles. The van der Waals surface area contributed by atoms with Crippen molar-refractivity contribution in [3.05, 3.63) is 35.9 Å². The summed E-state index contributed by atoms with van der Waals surface area (Å²) in [5.41, 5.74) is 1.08. The molecule has 2 aliphatic rings. The molecule has 1 aromatic rings. The number of rotatable bonds is 1. The molecule has 0 aromatic heterocycles. The average Bonchev–Trinajstić information content (AvgIpc) is 2.40. The molecule has 0 unspecified atom stereocenters. The number of aliphatic hydroxyl groups excluding tert-OH is 1. The van der Waals surface area contributed by atoms with Crippen molar-refractivity contribution in [1.29, 1.82) is 0 Å². The van der Waals surface area contributed by atoms with Crippen LogP contribution in [0.1, 0.15) is 37.4 Å². The fraction of sp³-hybridized carbons (Fsp3) is 0.600. The van der Waals surface area contributed by atoms with Crippen LogP contribution in [0.15, 0.2) is 30.3 Å². The van der Waals surface area contributed by atoms with Crippen molar-refractivity contribution in [2.24, 2.45) is 0 Å². The molecule has 2 heterocycles. The van der Waals surface area contributed by atoms with Gasteiger partial charge in [-0.15, -0.1) is 0 Å². The van der Waals surface area contributed by atoms with Crippen LogP contribution in [0, 0.1) is 0 Å². The van der Waals surface area contributed by atoms with Gasteiger partial charge >= 0.3 is 0 Å². The lowest BCUT2D eigenvalue weighted by atomic mass is 9.81. The SMILES string of the molecule is O[C@H]1C[C@@H](c2ccccc2)OC2(CCNCC2)C1. The Balaban J connectivity index is 1.80. The zero-order chi connectivity index (χ0) is 12.4. The van der Waals surface area contributed by atoms with Crippen LogP contribution in [0.4, 0.5) is 0 Å². The Bertz CT molecular complexity index is 387. The van der Waals surface area contributed by atoms with Crippen LogP contribution < -0.4 is 5.32 Å². The molecule has 2 aliphatic heterocycles. The molecule has 1 aromatic carbocycles. The Labute approximate surface area is 108 Å². The van der Waals surface area contributed by atoms with Crippen LogP contribution in [-0.4, -0.2) is 29.9 Å². The minimum absolute atomic E-state index is 0.0491. The van der Waals surface area contributed by atoms with Crippen molar-refractivity contribution in [1.82, 2.24) is 5.32 Å². The number of piperidine rings is 1. The van der Waals surface area contributed by atoms with E-state index >= 15 is 0 Å². The first-order valence-electron chi connectivity index (χ1n) is 6.89. The van der Waals surface area contributed by atoms with E-state index in [2.05, 4.69) is 17.4 Å². The first kappa shape index (κ1) is 12.2. The third-order valence-electron chi connectivity index (χ3n) is 4.17. The van der Waals surface area contributed by atoms with Crippen molar-refractivity contribution in [2.45, 2.75) is 43.5 Å². The van der Waals surface area contributed by atoms with E-state index in [4.69, 9.17) is 4.74 Å². The molecule has 98 valence electrons. The summed E-state index contributed by atoms with van der Waals surface area (Å²) in [5, 5.41) is 13.5. The second-order valence-corrected chi connectivity index (χ2v) is 5.54. The fourth-order valence-corrected chi connectivity index (χ4v) is 3.23. The minimum Gasteiger partial charge on any atom is -0.393 e. The highest BCUT2D eigenvalue weighted by molar-refractivity contribution is 5.19. The van der Waals surface area contributed by atoms with Crippen molar-refractivity contribution in [2.75, 3.05) is 13.1 Å². The Hall–Kier alpha value is -0.900. The Morgan fingerprint density at radius 2 is 1.89 bits per heavy atom. The van der Waals surface area contributed by atoms with Crippen molar-refractivity contribution in [3.8, 4) is 0 Å². The van der Waals surface area contributed by atoms with Gasteiger partial charge in [-0.3, -0.25) is 0 Å². The summed E-state index contributed by atoms with van der Waals surface area (Å²) in [6.07, 6.45) is 3.34. The molecule has 1 spiro atoms. The van der Waals surface area contributed by atoms with E-state index < -0.39 is 0 Å². The molecule has 2 fully saturated rings. The van der Waals surface area contributed by atoms with E-state index in [0.717, 1.165) is 38.8 Å². The average molecular weight is 247 g/mol. The summed E-state index contributed by atoms with van der Waals surface area (Å²) in [5.74, 6) is 0. The molecule has 0 amide bonds. The van der Waals surface area contributed by atoms with Crippen molar-refractivity contribution in [3.63, 3.8) is 0 Å². The summed E-state index contributed by atoms with van der Waals surface area (Å²) in [4.78, 5) is 0. The summed E-state index contributed by atoms with van der Waals surface area (Å²) in [7, 11) is 0. The molecule has 18 heavy (non-hydrogen) atoms. The first-order chi connectivity index (χ1) is 8.77. The zero-order valence-electron chi connectivity index (χ0n) is 10.6. The lowest BCUT2D eigenvalue weighted by molar-refractivity contribution is -0.175. The van der Waals surface area contributed by atoms with E-state index in [1.165, 1.54) is 5.56 Å². The predicted octanol–water partition coefficient (Wildman–Crippen LogP) is 2.02. The lowest BCUT2D eigenvalue weighted by Crippen LogP contribution is -2.49. The maximum Gasteiger partial charge on any atom is 0.0857 e. The molecule has 3 nitrogen and oxygen atoms in total. The third kappa shape index (κ3) is 2.44. The minimum atomic E-state index is -0.234. The number of aliphatic hydroxyl groups is 1. The standard InChI is InChI=1S/C15H21NO2/c17-13-10-14(12-4-2-1-3-5-12)18-15(11-13)6-8-16-9-7-15/h1-5,13-14,16-17H,6-11H2/t13-,14-/m0/s1. The maximum absolute atomic E-state index is 10.2. The summed E-state index contributed by atoms with van der Waals surface area (Å²) >= 11 is 0. The second kappa shape index (κ2) is 5.00. The van der Waals surface area contributed by atoms with Gasteiger partial charge in [0.25, 0.3) is 0 Å². The molecule has 2 atom stereocenters. The number of benzene rings is 1. The first-order valence-corrected chi connectivity index (χ1v) is 6.89. The Morgan fingerprint density at radius 3 is 2.61 bits per heavy atom. The number of ether oxygens (including phenoxy) is 1. The van der Waals surface area contributed by atoms with Gasteiger partial charge < -0.3 is 15.2 Å². The van der Waals surface area contributed by atoms with Crippen LogP contribution in [0.5, 0.6) is 0 Å². The second-order valence-electron chi connectivity index (χ2n) is 5.54. The highest BCUT2D eigenvalue weighted by Gasteiger charge is 2.42. The normalized spacial score (nSPS) is 31.4. The van der Waals surface area contributed by atoms with Crippen LogP contribution in [0.3, 0.4) is 0 Å². The van der Waals surface area contributed by atoms with Gasteiger partial charge in [0.1, 0.15) is 0 Å². The lowest BCUT2D eigenvalue weighted by Gasteiger charge is -2.46. The molecule has 0 saturated carbocycles. The van der Waals surface area contributed by atoms with E-state index in [1.54, 1.807) is 0 Å². The molecule has 2 N–H and O–H groups in total. The van der Waals surface area contributed by atoms with Crippen molar-refractivity contribution >= 4 is 0 Å².